The van der Waals surface area contributed by atoms with E-state index in [1.54, 1.807) is 60.7 Å². The lowest BCUT2D eigenvalue weighted by atomic mass is 10.1. The van der Waals surface area contributed by atoms with Crippen LogP contribution in [0, 0.1) is 6.92 Å². The molecule has 6 nitrogen and oxygen atoms in total. The zero-order valence-electron chi connectivity index (χ0n) is 14.6. The average Bonchev–Trinajstić information content (AvgIpc) is 2.72. The minimum absolute atomic E-state index is 0.412. The highest BCUT2D eigenvalue weighted by molar-refractivity contribution is 5.94. The number of hydrogen-bond acceptors (Lipinski definition) is 5. The lowest BCUT2D eigenvalue weighted by Gasteiger charge is -2.08. The summed E-state index contributed by atoms with van der Waals surface area (Å²) in [5, 5.41) is 7.62. The molecule has 3 rings (SSSR count). The molecule has 0 atom stereocenters. The predicted molar refractivity (Wildman–Crippen MR) is 102 cm³/mol. The Morgan fingerprint density at radius 3 is 2.22 bits per heavy atom. The van der Waals surface area contributed by atoms with E-state index >= 15 is 0 Å². The number of amides is 1. The number of carbonyl (C=O) groups is 2. The number of azo groups is 1. The SMILES string of the molecule is Cc1ccccc1C(=O)ONc1ccc(N=NC(=O)c2ccccc2)cc1. The van der Waals surface area contributed by atoms with E-state index in [9.17, 15) is 9.59 Å². The smallest absolute Gasteiger partial charge is 0.338 e. The molecule has 0 aromatic heterocycles. The van der Waals surface area contributed by atoms with Gasteiger partial charge in [-0.3, -0.25) is 4.79 Å². The first-order chi connectivity index (χ1) is 13.1. The van der Waals surface area contributed by atoms with Gasteiger partial charge in [0.05, 0.1) is 16.9 Å². The van der Waals surface area contributed by atoms with E-state index in [0.717, 1.165) is 5.56 Å². The molecule has 3 aromatic rings. The maximum atomic E-state index is 12.1. The minimum Gasteiger partial charge on any atom is -0.338 e. The van der Waals surface area contributed by atoms with Crippen LogP contribution in [0.15, 0.2) is 89.1 Å². The summed E-state index contributed by atoms with van der Waals surface area (Å²) in [7, 11) is 0. The molecule has 0 saturated heterocycles. The first-order valence-corrected chi connectivity index (χ1v) is 8.27. The summed E-state index contributed by atoms with van der Waals surface area (Å²) >= 11 is 0. The van der Waals surface area contributed by atoms with E-state index in [2.05, 4.69) is 15.7 Å². The van der Waals surface area contributed by atoms with Gasteiger partial charge in [0, 0.05) is 5.56 Å². The van der Waals surface area contributed by atoms with Crippen molar-refractivity contribution >= 4 is 23.3 Å². The second-order valence-corrected chi connectivity index (χ2v) is 5.72. The van der Waals surface area contributed by atoms with E-state index in [4.69, 9.17) is 4.84 Å². The fourth-order valence-electron chi connectivity index (χ4n) is 2.30. The largest absolute Gasteiger partial charge is 0.363 e. The fourth-order valence-corrected chi connectivity index (χ4v) is 2.30. The standard InChI is InChI=1S/C21H17N3O3/c1-15-7-5-6-10-19(15)21(26)27-24-18-13-11-17(12-14-18)22-23-20(25)16-8-3-2-4-9-16/h2-14,24H,1H3. The highest BCUT2D eigenvalue weighted by Crippen LogP contribution is 2.18. The number of nitrogens with zero attached hydrogens (tertiary/aromatic N) is 2. The molecule has 0 aliphatic rings. The molecule has 0 unspecified atom stereocenters. The Morgan fingerprint density at radius 1 is 0.852 bits per heavy atom. The topological polar surface area (TPSA) is 80.1 Å². The molecule has 1 N–H and O–H groups in total. The van der Waals surface area contributed by atoms with Gasteiger partial charge in [0.2, 0.25) is 0 Å². The number of aryl methyl sites for hydroxylation is 1. The first kappa shape index (κ1) is 18.0. The number of carbonyl (C=O) groups excluding carboxylic acids is 2. The van der Waals surface area contributed by atoms with Crippen molar-refractivity contribution in [2.24, 2.45) is 10.2 Å². The van der Waals surface area contributed by atoms with Gasteiger partial charge in [-0.05, 0) is 55.0 Å². The monoisotopic (exact) mass is 359 g/mol. The number of anilines is 1. The summed E-state index contributed by atoms with van der Waals surface area (Å²) in [4.78, 5) is 29.1. The van der Waals surface area contributed by atoms with E-state index < -0.39 is 11.9 Å². The predicted octanol–water partition coefficient (Wildman–Crippen LogP) is 5.10. The van der Waals surface area contributed by atoms with Crippen LogP contribution in [0.1, 0.15) is 26.3 Å². The molecule has 0 radical (unpaired) electrons. The maximum absolute atomic E-state index is 12.1. The highest BCUT2D eigenvalue weighted by atomic mass is 16.7. The number of benzene rings is 3. The van der Waals surface area contributed by atoms with Crippen LogP contribution in [0.4, 0.5) is 11.4 Å². The molecule has 0 aliphatic carbocycles. The Morgan fingerprint density at radius 2 is 1.52 bits per heavy atom. The van der Waals surface area contributed by atoms with E-state index in [0.29, 0.717) is 22.5 Å². The van der Waals surface area contributed by atoms with Crippen molar-refractivity contribution < 1.29 is 14.4 Å². The van der Waals surface area contributed by atoms with Gasteiger partial charge in [0.15, 0.2) is 0 Å². The number of hydrogen-bond donors (Lipinski definition) is 1. The lowest BCUT2D eigenvalue weighted by Crippen LogP contribution is -2.11. The van der Waals surface area contributed by atoms with Crippen LogP contribution in [0.3, 0.4) is 0 Å². The maximum Gasteiger partial charge on any atom is 0.363 e. The summed E-state index contributed by atoms with van der Waals surface area (Å²) in [5.74, 6) is -0.879. The Labute approximate surface area is 156 Å². The van der Waals surface area contributed by atoms with Gasteiger partial charge in [-0.25, -0.2) is 10.3 Å². The molecule has 134 valence electrons. The molecule has 0 saturated carbocycles. The minimum atomic E-state index is -0.467. The molecule has 3 aromatic carbocycles. The van der Waals surface area contributed by atoms with Crippen molar-refractivity contribution in [2.45, 2.75) is 6.92 Å². The first-order valence-electron chi connectivity index (χ1n) is 8.27. The summed E-state index contributed by atoms with van der Waals surface area (Å²) in [6.45, 7) is 1.84. The second-order valence-electron chi connectivity index (χ2n) is 5.72. The molecular formula is C21H17N3O3. The van der Waals surface area contributed by atoms with Gasteiger partial charge < -0.3 is 4.84 Å². The van der Waals surface area contributed by atoms with E-state index in [-0.39, 0.29) is 0 Å². The van der Waals surface area contributed by atoms with Crippen LogP contribution < -0.4 is 5.48 Å². The zero-order valence-corrected chi connectivity index (χ0v) is 14.6. The van der Waals surface area contributed by atoms with Crippen LogP contribution in [0.2, 0.25) is 0 Å². The number of nitrogens with one attached hydrogen (secondary N) is 1. The normalized spacial score (nSPS) is 10.6. The van der Waals surface area contributed by atoms with Gasteiger partial charge >= 0.3 is 5.97 Å². The van der Waals surface area contributed by atoms with Gasteiger partial charge in [-0.1, -0.05) is 36.4 Å². The zero-order chi connectivity index (χ0) is 19.1. The van der Waals surface area contributed by atoms with Crippen molar-refractivity contribution in [1.29, 1.82) is 0 Å². The second kappa shape index (κ2) is 8.53. The van der Waals surface area contributed by atoms with Crippen molar-refractivity contribution in [1.82, 2.24) is 0 Å². The van der Waals surface area contributed by atoms with Gasteiger partial charge in [0.1, 0.15) is 0 Å². The molecule has 0 spiro atoms. The molecular weight excluding hydrogens is 342 g/mol. The third kappa shape index (κ3) is 4.85. The fraction of sp³-hybridized carbons (Fsp3) is 0.0476. The summed E-state index contributed by atoms with van der Waals surface area (Å²) in [6.07, 6.45) is 0. The Kier molecular flexibility index (Phi) is 5.69. The van der Waals surface area contributed by atoms with Gasteiger partial charge in [-0.2, -0.15) is 0 Å². The third-order valence-electron chi connectivity index (χ3n) is 3.77. The average molecular weight is 359 g/mol. The lowest BCUT2D eigenvalue weighted by molar-refractivity contribution is 0.0595. The van der Waals surface area contributed by atoms with Crippen LogP contribution in [0.25, 0.3) is 0 Å². The Balaban J connectivity index is 1.57. The van der Waals surface area contributed by atoms with Crippen LogP contribution in [0.5, 0.6) is 0 Å². The van der Waals surface area contributed by atoms with E-state index in [1.807, 2.05) is 25.1 Å². The third-order valence-corrected chi connectivity index (χ3v) is 3.77. The molecule has 1 amide bonds. The molecule has 0 heterocycles. The Hall–Kier alpha value is -3.80. The quantitative estimate of drug-likeness (QED) is 0.507. The van der Waals surface area contributed by atoms with Crippen molar-refractivity contribution in [3.63, 3.8) is 0 Å². The molecule has 6 heteroatoms. The van der Waals surface area contributed by atoms with Gasteiger partial charge in [-0.15, -0.1) is 10.2 Å². The van der Waals surface area contributed by atoms with Crippen molar-refractivity contribution in [2.75, 3.05) is 5.48 Å². The highest BCUT2D eigenvalue weighted by Gasteiger charge is 2.10. The van der Waals surface area contributed by atoms with Crippen molar-refractivity contribution in [3.8, 4) is 0 Å². The molecule has 0 fully saturated rings. The van der Waals surface area contributed by atoms with E-state index in [1.165, 1.54) is 0 Å². The van der Waals surface area contributed by atoms with Crippen LogP contribution in [-0.4, -0.2) is 11.9 Å². The Bertz CT molecular complexity index is 967. The summed E-state index contributed by atoms with van der Waals surface area (Å²) in [5.41, 5.74) is 5.49. The van der Waals surface area contributed by atoms with Crippen LogP contribution in [-0.2, 0) is 4.84 Å². The number of rotatable bonds is 5. The summed E-state index contributed by atoms with van der Waals surface area (Å²) in [6, 6.07) is 22.5. The van der Waals surface area contributed by atoms with Crippen molar-refractivity contribution in [3.05, 3.63) is 95.6 Å². The molecule has 27 heavy (non-hydrogen) atoms. The molecule has 0 aliphatic heterocycles. The van der Waals surface area contributed by atoms with Crippen LogP contribution >= 0.6 is 0 Å². The molecule has 0 bridgehead atoms. The summed E-state index contributed by atoms with van der Waals surface area (Å²) < 4.78 is 0. The van der Waals surface area contributed by atoms with Gasteiger partial charge in [0.25, 0.3) is 5.91 Å².